The van der Waals surface area contributed by atoms with E-state index in [4.69, 9.17) is 0 Å². The molecule has 166 valence electrons. The summed E-state index contributed by atoms with van der Waals surface area (Å²) in [5.41, 5.74) is 3.49. The highest BCUT2D eigenvalue weighted by atomic mass is 16.1. The van der Waals surface area contributed by atoms with Gasteiger partial charge in [0, 0.05) is 58.4 Å². The van der Waals surface area contributed by atoms with E-state index in [1.54, 1.807) is 6.33 Å². The van der Waals surface area contributed by atoms with Crippen molar-refractivity contribution in [3.8, 4) is 0 Å². The highest BCUT2D eigenvalue weighted by Gasteiger charge is 2.26. The second-order valence-electron chi connectivity index (χ2n) is 8.82. The molecule has 0 saturated carbocycles. The number of carbonyl (C=O) groups is 1. The third-order valence-corrected chi connectivity index (χ3v) is 6.43. The van der Waals surface area contributed by atoms with Gasteiger partial charge in [-0.25, -0.2) is 9.97 Å². The van der Waals surface area contributed by atoms with Crippen molar-refractivity contribution in [1.29, 1.82) is 0 Å². The van der Waals surface area contributed by atoms with Gasteiger partial charge in [-0.1, -0.05) is 12.1 Å². The van der Waals surface area contributed by atoms with Crippen molar-refractivity contribution in [2.45, 2.75) is 38.6 Å². The molecule has 2 saturated heterocycles. The molecule has 4 rings (SSSR count). The quantitative estimate of drug-likeness (QED) is 0.772. The van der Waals surface area contributed by atoms with Gasteiger partial charge in [-0.05, 0) is 49.8 Å². The number of benzene rings is 1. The van der Waals surface area contributed by atoms with Gasteiger partial charge >= 0.3 is 0 Å². The van der Waals surface area contributed by atoms with Crippen molar-refractivity contribution < 1.29 is 4.79 Å². The molecule has 0 spiro atoms. The van der Waals surface area contributed by atoms with Gasteiger partial charge in [0.25, 0.3) is 0 Å². The van der Waals surface area contributed by atoms with E-state index in [1.165, 1.54) is 24.9 Å². The van der Waals surface area contributed by atoms with Gasteiger partial charge in [-0.2, -0.15) is 0 Å². The number of aromatic nitrogens is 2. The Hall–Kier alpha value is -2.83. The molecule has 0 bridgehead atoms. The van der Waals surface area contributed by atoms with Gasteiger partial charge in [-0.3, -0.25) is 4.79 Å². The van der Waals surface area contributed by atoms with Gasteiger partial charge in [-0.15, -0.1) is 0 Å². The summed E-state index contributed by atoms with van der Waals surface area (Å²) >= 11 is 0. The minimum absolute atomic E-state index is 0.0660. The molecule has 0 atom stereocenters. The number of nitrogens with one attached hydrogen (secondary N) is 1. The SMILES string of the molecule is CN(C)c1ncncc1N1CCC(C(=O)NCc2ccc(N3CCCCC3)cc2)CC1. The molecule has 0 radical (unpaired) electrons. The highest BCUT2D eigenvalue weighted by molar-refractivity contribution is 5.79. The molecule has 1 amide bonds. The molecule has 7 heteroatoms. The van der Waals surface area contributed by atoms with Crippen molar-refractivity contribution in [2.24, 2.45) is 5.92 Å². The number of hydrogen-bond donors (Lipinski definition) is 1. The lowest BCUT2D eigenvalue weighted by atomic mass is 9.95. The standard InChI is InChI=1S/C24H34N6O/c1-28(2)23-22(17-25-18-27-23)30-14-10-20(11-15-30)24(31)26-16-19-6-8-21(9-7-19)29-12-4-3-5-13-29/h6-9,17-18,20H,3-5,10-16H2,1-2H3,(H,26,31). The van der Waals surface area contributed by atoms with Crippen molar-refractivity contribution in [1.82, 2.24) is 15.3 Å². The Labute approximate surface area is 185 Å². The van der Waals surface area contributed by atoms with Crippen LogP contribution in [0.2, 0.25) is 0 Å². The van der Waals surface area contributed by atoms with E-state index in [0.29, 0.717) is 6.54 Å². The van der Waals surface area contributed by atoms with E-state index in [2.05, 4.69) is 49.4 Å². The zero-order valence-electron chi connectivity index (χ0n) is 18.8. The largest absolute Gasteiger partial charge is 0.372 e. The Bertz CT molecular complexity index is 855. The molecule has 2 fully saturated rings. The van der Waals surface area contributed by atoms with Crippen molar-refractivity contribution in [3.05, 3.63) is 42.4 Å². The van der Waals surface area contributed by atoms with Gasteiger partial charge in [0.15, 0.2) is 5.82 Å². The number of amides is 1. The predicted molar refractivity (Wildman–Crippen MR) is 126 cm³/mol. The fourth-order valence-electron chi connectivity index (χ4n) is 4.58. The maximum atomic E-state index is 12.7. The molecule has 2 aromatic rings. The molecule has 31 heavy (non-hydrogen) atoms. The van der Waals surface area contributed by atoms with Gasteiger partial charge in [0.1, 0.15) is 6.33 Å². The van der Waals surface area contributed by atoms with E-state index in [-0.39, 0.29) is 11.8 Å². The highest BCUT2D eigenvalue weighted by Crippen LogP contribution is 2.29. The smallest absolute Gasteiger partial charge is 0.223 e. The lowest BCUT2D eigenvalue weighted by Crippen LogP contribution is -2.41. The van der Waals surface area contributed by atoms with Crippen LogP contribution >= 0.6 is 0 Å². The number of rotatable bonds is 6. The fourth-order valence-corrected chi connectivity index (χ4v) is 4.58. The maximum absolute atomic E-state index is 12.7. The van der Waals surface area contributed by atoms with Crippen LogP contribution in [-0.2, 0) is 11.3 Å². The third-order valence-electron chi connectivity index (χ3n) is 6.43. The summed E-state index contributed by atoms with van der Waals surface area (Å²) in [6, 6.07) is 8.67. The summed E-state index contributed by atoms with van der Waals surface area (Å²) in [6.45, 7) is 4.59. The minimum Gasteiger partial charge on any atom is -0.372 e. The summed E-state index contributed by atoms with van der Waals surface area (Å²) in [5, 5.41) is 3.15. The van der Waals surface area contributed by atoms with Crippen molar-refractivity contribution in [2.75, 3.05) is 55.0 Å². The Morgan fingerprint density at radius 3 is 2.42 bits per heavy atom. The van der Waals surface area contributed by atoms with Gasteiger partial charge in [0.05, 0.1) is 11.9 Å². The van der Waals surface area contributed by atoms with E-state index in [9.17, 15) is 4.79 Å². The minimum atomic E-state index is 0.0660. The molecule has 0 aliphatic carbocycles. The molecule has 1 N–H and O–H groups in total. The van der Waals surface area contributed by atoms with Crippen LogP contribution in [0.15, 0.2) is 36.8 Å². The zero-order chi connectivity index (χ0) is 21.6. The first-order valence-corrected chi connectivity index (χ1v) is 11.5. The molecule has 0 unspecified atom stereocenters. The fraction of sp³-hybridized carbons (Fsp3) is 0.542. The van der Waals surface area contributed by atoms with Crippen molar-refractivity contribution in [3.63, 3.8) is 0 Å². The first-order chi connectivity index (χ1) is 15.1. The lowest BCUT2D eigenvalue weighted by Gasteiger charge is -2.34. The topological polar surface area (TPSA) is 64.6 Å². The number of carbonyl (C=O) groups excluding carboxylic acids is 1. The second kappa shape index (κ2) is 9.98. The number of hydrogen-bond acceptors (Lipinski definition) is 6. The summed E-state index contributed by atoms with van der Waals surface area (Å²) in [7, 11) is 3.98. The third kappa shape index (κ3) is 5.27. The van der Waals surface area contributed by atoms with Crippen LogP contribution in [0.4, 0.5) is 17.2 Å². The molecule has 1 aromatic heterocycles. The molecule has 2 aliphatic rings. The number of nitrogens with zero attached hydrogens (tertiary/aromatic N) is 5. The van der Waals surface area contributed by atoms with E-state index in [0.717, 1.165) is 56.1 Å². The maximum Gasteiger partial charge on any atom is 0.223 e. The van der Waals surface area contributed by atoms with Crippen LogP contribution in [0.25, 0.3) is 0 Å². The van der Waals surface area contributed by atoms with Crippen LogP contribution in [0.1, 0.15) is 37.7 Å². The Morgan fingerprint density at radius 2 is 1.74 bits per heavy atom. The first-order valence-electron chi connectivity index (χ1n) is 11.5. The summed E-state index contributed by atoms with van der Waals surface area (Å²) in [6.07, 6.45) is 9.06. The van der Waals surface area contributed by atoms with Crippen LogP contribution in [0.5, 0.6) is 0 Å². The van der Waals surface area contributed by atoms with E-state index >= 15 is 0 Å². The number of piperidine rings is 2. The van der Waals surface area contributed by atoms with Crippen LogP contribution in [0, 0.1) is 5.92 Å². The average Bonchev–Trinajstić information content (AvgIpc) is 2.83. The summed E-state index contributed by atoms with van der Waals surface area (Å²) < 4.78 is 0. The Morgan fingerprint density at radius 1 is 1.03 bits per heavy atom. The molecule has 2 aliphatic heterocycles. The predicted octanol–water partition coefficient (Wildman–Crippen LogP) is 3.07. The molecule has 7 nitrogen and oxygen atoms in total. The van der Waals surface area contributed by atoms with Crippen LogP contribution in [-0.4, -0.2) is 56.1 Å². The molecule has 1 aromatic carbocycles. The second-order valence-corrected chi connectivity index (χ2v) is 8.82. The summed E-state index contributed by atoms with van der Waals surface area (Å²) in [4.78, 5) is 28.1. The van der Waals surface area contributed by atoms with Gasteiger partial charge in [0.2, 0.25) is 5.91 Å². The molecular weight excluding hydrogens is 388 g/mol. The van der Waals surface area contributed by atoms with E-state index in [1.807, 2.05) is 25.2 Å². The van der Waals surface area contributed by atoms with E-state index < -0.39 is 0 Å². The van der Waals surface area contributed by atoms with Gasteiger partial charge < -0.3 is 20.0 Å². The average molecular weight is 423 g/mol. The molecule has 3 heterocycles. The summed E-state index contributed by atoms with van der Waals surface area (Å²) in [5.74, 6) is 1.15. The van der Waals surface area contributed by atoms with Crippen molar-refractivity contribution >= 4 is 23.1 Å². The monoisotopic (exact) mass is 422 g/mol. The Balaban J connectivity index is 1.26. The Kier molecular flexibility index (Phi) is 6.89. The van der Waals surface area contributed by atoms with Crippen LogP contribution < -0.4 is 20.0 Å². The first kappa shape index (κ1) is 21.4. The van der Waals surface area contributed by atoms with Crippen LogP contribution in [0.3, 0.4) is 0 Å². The normalized spacial score (nSPS) is 17.5. The number of anilines is 3. The zero-order valence-corrected chi connectivity index (χ0v) is 18.8. The molecular formula is C24H34N6O. The lowest BCUT2D eigenvalue weighted by molar-refractivity contribution is -0.125.